The molecule has 0 aliphatic carbocycles. The molecule has 2 heteroatoms. The molecular formula is C20H30O2. The summed E-state index contributed by atoms with van der Waals surface area (Å²) >= 11 is 0. The number of rotatable bonds is 7. The number of allylic oxidation sites excluding steroid dienone is 3. The Morgan fingerprint density at radius 3 is 2.36 bits per heavy atom. The molecule has 0 saturated carbocycles. The summed E-state index contributed by atoms with van der Waals surface area (Å²) in [6, 6.07) is 3.23. The smallest absolute Gasteiger partial charge is 0.123 e. The van der Waals surface area contributed by atoms with Crippen molar-refractivity contribution >= 4 is 0 Å². The van der Waals surface area contributed by atoms with Gasteiger partial charge in [-0.25, -0.2) is 0 Å². The second-order valence-corrected chi connectivity index (χ2v) is 6.32. The summed E-state index contributed by atoms with van der Waals surface area (Å²) < 4.78 is 0. The summed E-state index contributed by atoms with van der Waals surface area (Å²) in [5, 5.41) is 20.3. The first-order valence-electron chi connectivity index (χ1n) is 8.19. The Hall–Kier alpha value is -1.70. The van der Waals surface area contributed by atoms with Crippen molar-refractivity contribution in [3.05, 3.63) is 47.1 Å². The van der Waals surface area contributed by atoms with E-state index in [1.165, 1.54) is 11.6 Å². The summed E-state index contributed by atoms with van der Waals surface area (Å²) in [5.41, 5.74) is 4.36. The highest BCUT2D eigenvalue weighted by molar-refractivity contribution is 5.50. The maximum atomic E-state index is 10.5. The Kier molecular flexibility index (Phi) is 6.73. The fourth-order valence-electron chi connectivity index (χ4n) is 2.75. The van der Waals surface area contributed by atoms with Gasteiger partial charge in [-0.3, -0.25) is 0 Å². The van der Waals surface area contributed by atoms with Gasteiger partial charge in [-0.05, 0) is 44.2 Å². The molecule has 0 spiro atoms. The van der Waals surface area contributed by atoms with Gasteiger partial charge in [0.25, 0.3) is 0 Å². The van der Waals surface area contributed by atoms with Crippen LogP contribution in [-0.2, 0) is 6.42 Å². The summed E-state index contributed by atoms with van der Waals surface area (Å²) in [7, 11) is 0. The molecule has 2 atom stereocenters. The van der Waals surface area contributed by atoms with Gasteiger partial charge in [0.05, 0.1) is 0 Å². The molecule has 1 rings (SSSR count). The Morgan fingerprint density at radius 2 is 1.86 bits per heavy atom. The Labute approximate surface area is 135 Å². The van der Waals surface area contributed by atoms with E-state index < -0.39 is 0 Å². The lowest BCUT2D eigenvalue weighted by molar-refractivity contribution is 0.436. The second kappa shape index (κ2) is 8.07. The van der Waals surface area contributed by atoms with Crippen molar-refractivity contribution in [1.82, 2.24) is 0 Å². The van der Waals surface area contributed by atoms with Crippen molar-refractivity contribution in [1.29, 1.82) is 0 Å². The molecule has 122 valence electrons. The molecule has 0 saturated heterocycles. The van der Waals surface area contributed by atoms with Crippen LogP contribution in [0.3, 0.4) is 0 Å². The van der Waals surface area contributed by atoms with Gasteiger partial charge >= 0.3 is 0 Å². The average Bonchev–Trinajstić information content (AvgIpc) is 2.44. The summed E-state index contributed by atoms with van der Waals surface area (Å²) in [5.74, 6) is 0.622. The largest absolute Gasteiger partial charge is 0.508 e. The van der Waals surface area contributed by atoms with Gasteiger partial charge in [-0.1, -0.05) is 51.0 Å². The lowest BCUT2D eigenvalue weighted by Gasteiger charge is -2.26. The molecule has 0 fully saturated rings. The van der Waals surface area contributed by atoms with Crippen LogP contribution in [-0.4, -0.2) is 10.2 Å². The first-order chi connectivity index (χ1) is 10.3. The SMILES string of the molecule is C=C(C)C(C)[C@@H](/C=C(/C)CC)c1c(O)cc(O)cc1CCC. The fourth-order valence-corrected chi connectivity index (χ4v) is 2.75. The standard InChI is InChI=1S/C20H30O2/c1-7-9-16-11-17(21)12-19(22)20(16)18(10-14(5)8-2)15(6)13(3)4/h10-12,15,18,21-22H,3,7-9H2,1-2,4-6H3/b14-10-/t15?,18-/m1/s1. The van der Waals surface area contributed by atoms with Gasteiger partial charge in [0.1, 0.15) is 11.5 Å². The number of aryl methyl sites for hydroxylation is 1. The zero-order chi connectivity index (χ0) is 16.9. The van der Waals surface area contributed by atoms with Crippen LogP contribution in [0.4, 0.5) is 0 Å². The predicted octanol–water partition coefficient (Wildman–Crippen LogP) is 5.70. The molecule has 2 nitrogen and oxygen atoms in total. The molecule has 1 aromatic carbocycles. The number of phenols is 2. The van der Waals surface area contributed by atoms with Crippen molar-refractivity contribution in [2.45, 2.75) is 59.8 Å². The molecule has 0 aromatic heterocycles. The fraction of sp³-hybridized carbons (Fsp3) is 0.500. The lowest BCUT2D eigenvalue weighted by atomic mass is 9.79. The second-order valence-electron chi connectivity index (χ2n) is 6.32. The molecule has 0 radical (unpaired) electrons. The van der Waals surface area contributed by atoms with E-state index in [9.17, 15) is 10.2 Å². The molecule has 22 heavy (non-hydrogen) atoms. The maximum Gasteiger partial charge on any atom is 0.123 e. The highest BCUT2D eigenvalue weighted by Crippen LogP contribution is 2.41. The molecule has 2 N–H and O–H groups in total. The van der Waals surface area contributed by atoms with Gasteiger partial charge in [-0.2, -0.15) is 0 Å². The van der Waals surface area contributed by atoms with Crippen LogP contribution >= 0.6 is 0 Å². The Morgan fingerprint density at radius 1 is 1.23 bits per heavy atom. The summed E-state index contributed by atoms with van der Waals surface area (Å²) in [4.78, 5) is 0. The van der Waals surface area contributed by atoms with Crippen LogP contribution in [0.2, 0.25) is 0 Å². The lowest BCUT2D eigenvalue weighted by Crippen LogP contribution is -2.12. The normalized spacial score (nSPS) is 14.7. The zero-order valence-electron chi connectivity index (χ0n) is 14.6. The highest BCUT2D eigenvalue weighted by Gasteiger charge is 2.24. The van der Waals surface area contributed by atoms with Crippen LogP contribution in [0.5, 0.6) is 11.5 Å². The highest BCUT2D eigenvalue weighted by atomic mass is 16.3. The number of benzene rings is 1. The summed E-state index contributed by atoms with van der Waals surface area (Å²) in [6.07, 6.45) is 5.04. The van der Waals surface area contributed by atoms with Crippen molar-refractivity contribution in [3.63, 3.8) is 0 Å². The van der Waals surface area contributed by atoms with E-state index in [1.54, 1.807) is 6.07 Å². The van der Waals surface area contributed by atoms with Crippen molar-refractivity contribution < 1.29 is 10.2 Å². The van der Waals surface area contributed by atoms with Gasteiger partial charge in [0.2, 0.25) is 0 Å². The zero-order valence-corrected chi connectivity index (χ0v) is 14.6. The van der Waals surface area contributed by atoms with Gasteiger partial charge in [0.15, 0.2) is 0 Å². The van der Waals surface area contributed by atoms with Gasteiger partial charge < -0.3 is 10.2 Å². The molecule has 0 amide bonds. The van der Waals surface area contributed by atoms with E-state index in [0.717, 1.165) is 36.0 Å². The molecule has 0 aliphatic rings. The van der Waals surface area contributed by atoms with E-state index in [0.29, 0.717) is 0 Å². The first-order valence-corrected chi connectivity index (χ1v) is 8.19. The van der Waals surface area contributed by atoms with Crippen molar-refractivity contribution in [2.24, 2.45) is 5.92 Å². The van der Waals surface area contributed by atoms with Crippen LogP contribution < -0.4 is 0 Å². The van der Waals surface area contributed by atoms with Crippen LogP contribution in [0.25, 0.3) is 0 Å². The third kappa shape index (κ3) is 4.40. The van der Waals surface area contributed by atoms with Crippen molar-refractivity contribution in [3.8, 4) is 11.5 Å². The first kappa shape index (κ1) is 18.3. The summed E-state index contributed by atoms with van der Waals surface area (Å²) in [6.45, 7) is 14.6. The quantitative estimate of drug-likeness (QED) is 0.634. The van der Waals surface area contributed by atoms with Crippen molar-refractivity contribution in [2.75, 3.05) is 0 Å². The third-order valence-corrected chi connectivity index (χ3v) is 4.42. The Bertz CT molecular complexity index is 555. The van der Waals surface area contributed by atoms with E-state index in [2.05, 4.69) is 40.3 Å². The molecule has 0 bridgehead atoms. The van der Waals surface area contributed by atoms with Crippen LogP contribution in [0, 0.1) is 5.92 Å². The minimum absolute atomic E-state index is 0.0830. The van der Waals surface area contributed by atoms with Gasteiger partial charge in [-0.15, -0.1) is 0 Å². The minimum atomic E-state index is 0.0830. The topological polar surface area (TPSA) is 40.5 Å². The number of aromatic hydroxyl groups is 2. The number of hydrogen-bond donors (Lipinski definition) is 2. The van der Waals surface area contributed by atoms with E-state index in [4.69, 9.17) is 0 Å². The van der Waals surface area contributed by atoms with Gasteiger partial charge in [0, 0.05) is 17.5 Å². The maximum absolute atomic E-state index is 10.5. The number of hydrogen-bond acceptors (Lipinski definition) is 2. The third-order valence-electron chi connectivity index (χ3n) is 4.42. The van der Waals surface area contributed by atoms with Crippen LogP contribution in [0.15, 0.2) is 35.9 Å². The molecule has 1 aromatic rings. The van der Waals surface area contributed by atoms with E-state index in [1.807, 2.05) is 6.92 Å². The predicted molar refractivity (Wildman–Crippen MR) is 94.5 cm³/mol. The molecule has 0 aliphatic heterocycles. The Balaban J connectivity index is 3.50. The average molecular weight is 302 g/mol. The van der Waals surface area contributed by atoms with Crippen LogP contribution in [0.1, 0.15) is 64.5 Å². The molecular weight excluding hydrogens is 272 g/mol. The molecule has 1 unspecified atom stereocenters. The minimum Gasteiger partial charge on any atom is -0.508 e. The van der Waals surface area contributed by atoms with E-state index in [-0.39, 0.29) is 23.3 Å². The molecule has 0 heterocycles. The monoisotopic (exact) mass is 302 g/mol. The number of phenolic OH excluding ortho intramolecular Hbond substituents is 2. The van der Waals surface area contributed by atoms with E-state index >= 15 is 0 Å².